The highest BCUT2D eigenvalue weighted by molar-refractivity contribution is 5.96. The largest absolute Gasteiger partial charge is 0.421 e. The number of aromatic nitrogens is 4. The summed E-state index contributed by atoms with van der Waals surface area (Å²) in [5.41, 5.74) is -0.610. The predicted molar refractivity (Wildman–Crippen MR) is 111 cm³/mol. The number of carbonyl (C=O) groups excluding carboxylic acids is 1. The predicted octanol–water partition coefficient (Wildman–Crippen LogP) is 3.39. The standard InChI is InChI=1S/C21H25FN6O2/c1-13(2)12-28-8-6-21(22,7-9-28)19(29)25-20-23-11-16-5-4-15(10-17(16)24-20)18-27-26-14(3)30-18/h4-5,10-11,13H,6-9,12H2,1-3H3,(H,23,24,25,29). The van der Waals surface area contributed by atoms with Crippen molar-refractivity contribution in [1.29, 1.82) is 0 Å². The van der Waals surface area contributed by atoms with Gasteiger partial charge in [0.1, 0.15) is 0 Å². The van der Waals surface area contributed by atoms with Crippen molar-refractivity contribution in [1.82, 2.24) is 25.1 Å². The molecule has 1 aromatic carbocycles. The number of rotatable bonds is 5. The first-order chi connectivity index (χ1) is 14.3. The van der Waals surface area contributed by atoms with E-state index in [1.54, 1.807) is 19.2 Å². The van der Waals surface area contributed by atoms with Gasteiger partial charge in [0, 0.05) is 56.5 Å². The summed E-state index contributed by atoms with van der Waals surface area (Å²) in [7, 11) is 0. The third-order valence-corrected chi connectivity index (χ3v) is 5.26. The van der Waals surface area contributed by atoms with Crippen LogP contribution in [0.3, 0.4) is 0 Å². The molecule has 0 spiro atoms. The smallest absolute Gasteiger partial charge is 0.264 e. The van der Waals surface area contributed by atoms with E-state index in [9.17, 15) is 4.79 Å². The summed E-state index contributed by atoms with van der Waals surface area (Å²) in [6, 6.07) is 5.44. The summed E-state index contributed by atoms with van der Waals surface area (Å²) in [6.07, 6.45) is 1.93. The molecule has 158 valence electrons. The fraction of sp³-hybridized carbons (Fsp3) is 0.476. The molecule has 1 N–H and O–H groups in total. The first-order valence-corrected chi connectivity index (χ1v) is 10.1. The monoisotopic (exact) mass is 412 g/mol. The maximum atomic E-state index is 15.2. The number of aryl methyl sites for hydroxylation is 1. The van der Waals surface area contributed by atoms with Crippen LogP contribution in [0.2, 0.25) is 0 Å². The molecular formula is C21H25FN6O2. The molecule has 0 unspecified atom stereocenters. The zero-order chi connectivity index (χ0) is 21.3. The van der Waals surface area contributed by atoms with Gasteiger partial charge in [-0.05, 0) is 18.1 Å². The summed E-state index contributed by atoms with van der Waals surface area (Å²) in [6.45, 7) is 8.01. The molecule has 1 aliphatic rings. The van der Waals surface area contributed by atoms with E-state index in [1.807, 2.05) is 12.1 Å². The van der Waals surface area contributed by atoms with Crippen LogP contribution in [0.15, 0.2) is 28.8 Å². The average molecular weight is 412 g/mol. The molecule has 1 amide bonds. The number of halogens is 1. The SMILES string of the molecule is Cc1nnc(-c2ccc3cnc(NC(=O)C4(F)CCN(CC(C)C)CC4)nc3c2)o1. The normalized spacial score (nSPS) is 16.8. The van der Waals surface area contributed by atoms with Gasteiger partial charge in [-0.3, -0.25) is 10.1 Å². The minimum absolute atomic E-state index is 0.0768. The van der Waals surface area contributed by atoms with E-state index in [1.165, 1.54) is 0 Å². The van der Waals surface area contributed by atoms with Crippen LogP contribution in [-0.2, 0) is 4.79 Å². The van der Waals surface area contributed by atoms with Gasteiger partial charge in [0.05, 0.1) is 5.52 Å². The molecular weight excluding hydrogens is 387 g/mol. The number of carbonyl (C=O) groups is 1. The van der Waals surface area contributed by atoms with Crippen LogP contribution in [0, 0.1) is 12.8 Å². The Bertz CT molecular complexity index is 1060. The Morgan fingerprint density at radius 3 is 2.73 bits per heavy atom. The van der Waals surface area contributed by atoms with E-state index in [-0.39, 0.29) is 18.8 Å². The average Bonchev–Trinajstić information content (AvgIpc) is 3.15. The Morgan fingerprint density at radius 1 is 1.30 bits per heavy atom. The second kappa shape index (κ2) is 8.06. The van der Waals surface area contributed by atoms with Crippen molar-refractivity contribution in [3.8, 4) is 11.5 Å². The highest BCUT2D eigenvalue weighted by Gasteiger charge is 2.42. The van der Waals surface area contributed by atoms with Gasteiger partial charge in [0.15, 0.2) is 5.67 Å². The van der Waals surface area contributed by atoms with Gasteiger partial charge in [-0.25, -0.2) is 14.4 Å². The molecule has 0 radical (unpaired) electrons. The molecule has 2 aromatic heterocycles. The molecule has 3 heterocycles. The lowest BCUT2D eigenvalue weighted by atomic mass is 9.92. The Morgan fingerprint density at radius 2 is 2.07 bits per heavy atom. The molecule has 3 aromatic rings. The Balaban J connectivity index is 1.48. The Hall–Kier alpha value is -2.94. The molecule has 1 saturated heterocycles. The lowest BCUT2D eigenvalue weighted by Gasteiger charge is -2.35. The van der Waals surface area contributed by atoms with Gasteiger partial charge in [0.25, 0.3) is 5.91 Å². The van der Waals surface area contributed by atoms with E-state index in [2.05, 4.69) is 44.2 Å². The van der Waals surface area contributed by atoms with Crippen molar-refractivity contribution in [3.63, 3.8) is 0 Å². The second-order valence-corrected chi connectivity index (χ2v) is 8.21. The third kappa shape index (κ3) is 4.30. The summed E-state index contributed by atoms with van der Waals surface area (Å²) in [5, 5.41) is 11.2. The first-order valence-electron chi connectivity index (χ1n) is 10.1. The highest BCUT2D eigenvalue weighted by atomic mass is 19.1. The first kappa shape index (κ1) is 20.3. The number of hydrogen-bond acceptors (Lipinski definition) is 7. The van der Waals surface area contributed by atoms with Crippen LogP contribution in [0.4, 0.5) is 10.3 Å². The number of nitrogens with one attached hydrogen (secondary N) is 1. The molecule has 1 aliphatic heterocycles. The molecule has 30 heavy (non-hydrogen) atoms. The number of alkyl halides is 1. The van der Waals surface area contributed by atoms with Gasteiger partial charge < -0.3 is 9.32 Å². The second-order valence-electron chi connectivity index (χ2n) is 8.21. The van der Waals surface area contributed by atoms with E-state index < -0.39 is 11.6 Å². The van der Waals surface area contributed by atoms with Crippen molar-refractivity contribution in [2.45, 2.75) is 39.3 Å². The number of piperidine rings is 1. The number of hydrogen-bond donors (Lipinski definition) is 1. The minimum atomic E-state index is -1.91. The number of benzene rings is 1. The zero-order valence-electron chi connectivity index (χ0n) is 17.4. The molecule has 0 saturated carbocycles. The lowest BCUT2D eigenvalue weighted by Crippen LogP contribution is -2.49. The maximum absolute atomic E-state index is 15.2. The van der Waals surface area contributed by atoms with Gasteiger partial charge in [0.2, 0.25) is 17.7 Å². The van der Waals surface area contributed by atoms with Gasteiger partial charge in [-0.1, -0.05) is 19.9 Å². The number of amides is 1. The lowest BCUT2D eigenvalue weighted by molar-refractivity contribution is -0.130. The topological polar surface area (TPSA) is 97.0 Å². The van der Waals surface area contributed by atoms with Crippen LogP contribution in [0.1, 0.15) is 32.6 Å². The van der Waals surface area contributed by atoms with Gasteiger partial charge >= 0.3 is 0 Å². The summed E-state index contributed by atoms with van der Waals surface area (Å²) < 4.78 is 20.7. The van der Waals surface area contributed by atoms with Crippen LogP contribution >= 0.6 is 0 Å². The molecule has 4 rings (SSSR count). The van der Waals surface area contributed by atoms with Crippen molar-refractivity contribution < 1.29 is 13.6 Å². The van der Waals surface area contributed by atoms with Crippen LogP contribution in [0.25, 0.3) is 22.4 Å². The van der Waals surface area contributed by atoms with Crippen molar-refractivity contribution in [3.05, 3.63) is 30.3 Å². The number of nitrogens with zero attached hydrogens (tertiary/aromatic N) is 5. The summed E-state index contributed by atoms with van der Waals surface area (Å²) >= 11 is 0. The number of fused-ring (bicyclic) bond motifs is 1. The van der Waals surface area contributed by atoms with Crippen molar-refractivity contribution in [2.75, 3.05) is 25.0 Å². The minimum Gasteiger partial charge on any atom is -0.421 e. The van der Waals surface area contributed by atoms with Gasteiger partial charge in [-0.2, -0.15) is 0 Å². The molecule has 8 nitrogen and oxygen atoms in total. The number of likely N-dealkylation sites (tertiary alicyclic amines) is 1. The fourth-order valence-corrected chi connectivity index (χ4v) is 3.68. The van der Waals surface area contributed by atoms with Crippen LogP contribution in [-0.4, -0.2) is 56.3 Å². The van der Waals surface area contributed by atoms with E-state index in [4.69, 9.17) is 4.42 Å². The molecule has 0 aliphatic carbocycles. The van der Waals surface area contributed by atoms with Crippen molar-refractivity contribution in [2.24, 2.45) is 5.92 Å². The van der Waals surface area contributed by atoms with E-state index >= 15 is 4.39 Å². The molecule has 9 heteroatoms. The zero-order valence-corrected chi connectivity index (χ0v) is 17.4. The van der Waals surface area contributed by atoms with Gasteiger partial charge in [-0.15, -0.1) is 10.2 Å². The van der Waals surface area contributed by atoms with Crippen molar-refractivity contribution >= 4 is 22.8 Å². The molecule has 0 bridgehead atoms. The Kier molecular flexibility index (Phi) is 5.46. The number of anilines is 1. The Labute approximate surface area is 173 Å². The van der Waals surface area contributed by atoms with E-state index in [0.717, 1.165) is 11.9 Å². The fourth-order valence-electron chi connectivity index (χ4n) is 3.68. The molecule has 1 fully saturated rings. The summed E-state index contributed by atoms with van der Waals surface area (Å²) in [5.74, 6) is 0.753. The van der Waals surface area contributed by atoms with E-state index in [0.29, 0.717) is 41.9 Å². The van der Waals surface area contributed by atoms with Crippen LogP contribution < -0.4 is 5.32 Å². The third-order valence-electron chi connectivity index (χ3n) is 5.26. The molecule has 0 atom stereocenters. The quantitative estimate of drug-likeness (QED) is 0.686. The maximum Gasteiger partial charge on any atom is 0.264 e. The van der Waals surface area contributed by atoms with Crippen LogP contribution in [0.5, 0.6) is 0 Å². The summed E-state index contributed by atoms with van der Waals surface area (Å²) in [4.78, 5) is 23.4. The highest BCUT2D eigenvalue weighted by Crippen LogP contribution is 2.29.